The number of ether oxygens (including phenoxy) is 4. The first-order valence-corrected chi connectivity index (χ1v) is 8.31. The monoisotopic (exact) mass is 339 g/mol. The summed E-state index contributed by atoms with van der Waals surface area (Å²) in [6.45, 7) is 3.08. The van der Waals surface area contributed by atoms with Gasteiger partial charge in [-0.25, -0.2) is 0 Å². The number of carbonyl (C=O) groups excluding carboxylic acids is 1. The second kappa shape index (κ2) is 5.31. The van der Waals surface area contributed by atoms with Crippen molar-refractivity contribution in [3.63, 3.8) is 0 Å². The van der Waals surface area contributed by atoms with Gasteiger partial charge in [-0.2, -0.15) is 0 Å². The van der Waals surface area contributed by atoms with Crippen molar-refractivity contribution >= 4 is 5.91 Å². The molecule has 5 rings (SSSR count). The van der Waals surface area contributed by atoms with Gasteiger partial charge in [0.15, 0.2) is 23.0 Å². The van der Waals surface area contributed by atoms with Crippen molar-refractivity contribution in [2.45, 2.75) is 25.9 Å². The molecule has 1 atom stereocenters. The zero-order valence-electron chi connectivity index (χ0n) is 13.8. The van der Waals surface area contributed by atoms with Crippen molar-refractivity contribution in [3.05, 3.63) is 47.0 Å². The SMILES string of the molecule is CC1Cc2cc3c(cc2CN1C(=O)c1ccc2c(c1)OCO2)OCO3. The lowest BCUT2D eigenvalue weighted by atomic mass is 9.93. The van der Waals surface area contributed by atoms with Gasteiger partial charge in [0, 0.05) is 18.2 Å². The highest BCUT2D eigenvalue weighted by atomic mass is 16.7. The second-order valence-electron chi connectivity index (χ2n) is 6.53. The Kier molecular flexibility index (Phi) is 3.07. The molecule has 6 nitrogen and oxygen atoms in total. The molecule has 0 saturated heterocycles. The van der Waals surface area contributed by atoms with E-state index in [1.54, 1.807) is 18.2 Å². The standard InChI is InChI=1S/C19H17NO5/c1-11-4-13-6-17-18(25-10-24-17)7-14(13)8-20(11)19(21)12-2-3-15-16(5-12)23-9-22-15/h2-3,5-7,11H,4,8-10H2,1H3. The highest BCUT2D eigenvalue weighted by molar-refractivity contribution is 5.95. The van der Waals surface area contributed by atoms with E-state index in [9.17, 15) is 4.79 Å². The molecule has 0 saturated carbocycles. The molecule has 1 amide bonds. The van der Waals surface area contributed by atoms with Gasteiger partial charge in [0.2, 0.25) is 13.6 Å². The van der Waals surface area contributed by atoms with Gasteiger partial charge in [0.25, 0.3) is 5.91 Å². The summed E-state index contributed by atoms with van der Waals surface area (Å²) in [6.07, 6.45) is 0.794. The highest BCUT2D eigenvalue weighted by Crippen LogP contribution is 2.38. The molecule has 3 aliphatic rings. The predicted octanol–water partition coefficient (Wildman–Crippen LogP) is 2.73. The summed E-state index contributed by atoms with van der Waals surface area (Å²) in [5, 5.41) is 0. The van der Waals surface area contributed by atoms with Crippen LogP contribution in [0.1, 0.15) is 28.4 Å². The Balaban J connectivity index is 1.45. The van der Waals surface area contributed by atoms with Crippen molar-refractivity contribution in [2.24, 2.45) is 0 Å². The average molecular weight is 339 g/mol. The third-order valence-electron chi connectivity index (χ3n) is 4.96. The smallest absolute Gasteiger partial charge is 0.254 e. The lowest BCUT2D eigenvalue weighted by molar-refractivity contribution is 0.0657. The maximum atomic E-state index is 13.0. The summed E-state index contributed by atoms with van der Waals surface area (Å²) < 4.78 is 21.6. The Morgan fingerprint density at radius 1 is 0.920 bits per heavy atom. The quantitative estimate of drug-likeness (QED) is 0.800. The maximum absolute atomic E-state index is 13.0. The van der Waals surface area contributed by atoms with E-state index < -0.39 is 0 Å². The Hall–Kier alpha value is -2.89. The molecule has 0 spiro atoms. The molecule has 0 radical (unpaired) electrons. The van der Waals surface area contributed by atoms with Gasteiger partial charge in [-0.15, -0.1) is 0 Å². The highest BCUT2D eigenvalue weighted by Gasteiger charge is 2.30. The molecule has 6 heteroatoms. The number of hydrogen-bond acceptors (Lipinski definition) is 5. The van der Waals surface area contributed by atoms with Crippen LogP contribution < -0.4 is 18.9 Å². The summed E-state index contributed by atoms with van der Waals surface area (Å²) in [5.74, 6) is 2.85. The van der Waals surface area contributed by atoms with Crippen molar-refractivity contribution in [1.82, 2.24) is 4.90 Å². The summed E-state index contributed by atoms with van der Waals surface area (Å²) in [7, 11) is 0. The summed E-state index contributed by atoms with van der Waals surface area (Å²) in [4.78, 5) is 14.9. The Morgan fingerprint density at radius 2 is 1.56 bits per heavy atom. The van der Waals surface area contributed by atoms with Crippen LogP contribution in [0, 0.1) is 0 Å². The first-order chi connectivity index (χ1) is 12.2. The number of rotatable bonds is 1. The van der Waals surface area contributed by atoms with E-state index in [0.29, 0.717) is 23.6 Å². The topological polar surface area (TPSA) is 57.2 Å². The lowest BCUT2D eigenvalue weighted by Gasteiger charge is -2.35. The molecule has 0 aromatic heterocycles. The van der Waals surface area contributed by atoms with E-state index in [0.717, 1.165) is 23.5 Å². The maximum Gasteiger partial charge on any atom is 0.254 e. The van der Waals surface area contributed by atoms with Crippen LogP contribution in [0.25, 0.3) is 0 Å². The van der Waals surface area contributed by atoms with Crippen LogP contribution in [0.2, 0.25) is 0 Å². The Labute approximate surface area is 144 Å². The fraction of sp³-hybridized carbons (Fsp3) is 0.316. The van der Waals surface area contributed by atoms with Crippen LogP contribution in [0.15, 0.2) is 30.3 Å². The van der Waals surface area contributed by atoms with Crippen LogP contribution in [-0.4, -0.2) is 30.4 Å². The van der Waals surface area contributed by atoms with Crippen LogP contribution in [0.5, 0.6) is 23.0 Å². The zero-order chi connectivity index (χ0) is 17.0. The number of hydrogen-bond donors (Lipinski definition) is 0. The molecule has 0 aliphatic carbocycles. The van der Waals surface area contributed by atoms with Crippen molar-refractivity contribution < 1.29 is 23.7 Å². The summed E-state index contributed by atoms with van der Waals surface area (Å²) >= 11 is 0. The van der Waals surface area contributed by atoms with Crippen molar-refractivity contribution in [3.8, 4) is 23.0 Å². The number of fused-ring (bicyclic) bond motifs is 3. The van der Waals surface area contributed by atoms with E-state index in [4.69, 9.17) is 18.9 Å². The van der Waals surface area contributed by atoms with Gasteiger partial charge in [-0.1, -0.05) is 0 Å². The minimum absolute atomic E-state index is 0.00545. The van der Waals surface area contributed by atoms with Crippen LogP contribution in [0.4, 0.5) is 0 Å². The minimum atomic E-state index is -0.00545. The van der Waals surface area contributed by atoms with Gasteiger partial charge < -0.3 is 23.8 Å². The number of benzene rings is 2. The van der Waals surface area contributed by atoms with Gasteiger partial charge in [0.05, 0.1) is 0 Å². The van der Waals surface area contributed by atoms with Gasteiger partial charge in [-0.05, 0) is 54.8 Å². The minimum Gasteiger partial charge on any atom is -0.454 e. The van der Waals surface area contributed by atoms with Crippen LogP contribution >= 0.6 is 0 Å². The first-order valence-electron chi connectivity index (χ1n) is 8.31. The van der Waals surface area contributed by atoms with Crippen LogP contribution in [0.3, 0.4) is 0 Å². The van der Waals surface area contributed by atoms with E-state index in [-0.39, 0.29) is 25.5 Å². The fourth-order valence-electron chi connectivity index (χ4n) is 3.60. The largest absolute Gasteiger partial charge is 0.454 e. The van der Waals surface area contributed by atoms with Crippen LogP contribution in [-0.2, 0) is 13.0 Å². The summed E-state index contributed by atoms with van der Waals surface area (Å²) in [6, 6.07) is 9.46. The molecular weight excluding hydrogens is 322 g/mol. The Morgan fingerprint density at radius 3 is 2.32 bits per heavy atom. The fourth-order valence-corrected chi connectivity index (χ4v) is 3.60. The van der Waals surface area contributed by atoms with E-state index in [1.807, 2.05) is 17.0 Å². The van der Waals surface area contributed by atoms with Crippen molar-refractivity contribution in [2.75, 3.05) is 13.6 Å². The van der Waals surface area contributed by atoms with Gasteiger partial charge in [0.1, 0.15) is 0 Å². The first kappa shape index (κ1) is 14.5. The molecule has 3 heterocycles. The summed E-state index contributed by atoms with van der Waals surface area (Å²) in [5.41, 5.74) is 2.93. The van der Waals surface area contributed by atoms with Crippen molar-refractivity contribution in [1.29, 1.82) is 0 Å². The average Bonchev–Trinajstić information content (AvgIpc) is 3.26. The van der Waals surface area contributed by atoms with E-state index in [1.165, 1.54) is 5.56 Å². The number of amides is 1. The molecule has 25 heavy (non-hydrogen) atoms. The lowest BCUT2D eigenvalue weighted by Crippen LogP contribution is -2.42. The number of nitrogens with zero attached hydrogens (tertiary/aromatic N) is 1. The van der Waals surface area contributed by atoms with Gasteiger partial charge in [-0.3, -0.25) is 4.79 Å². The molecule has 0 fully saturated rings. The molecule has 3 aliphatic heterocycles. The molecule has 2 aromatic rings. The molecule has 0 N–H and O–H groups in total. The molecule has 0 bridgehead atoms. The molecule has 128 valence electrons. The zero-order valence-corrected chi connectivity index (χ0v) is 13.8. The van der Waals surface area contributed by atoms with E-state index >= 15 is 0 Å². The molecular formula is C19H17NO5. The third kappa shape index (κ3) is 2.28. The van der Waals surface area contributed by atoms with E-state index in [2.05, 4.69) is 6.92 Å². The normalized spacial score (nSPS) is 19.7. The van der Waals surface area contributed by atoms with Gasteiger partial charge >= 0.3 is 0 Å². The molecule has 1 unspecified atom stereocenters. The Bertz CT molecular complexity index is 878. The second-order valence-corrected chi connectivity index (χ2v) is 6.53. The predicted molar refractivity (Wildman–Crippen MR) is 88.2 cm³/mol. The number of carbonyl (C=O) groups is 1. The molecule has 2 aromatic carbocycles. The third-order valence-corrected chi connectivity index (χ3v) is 4.96.